The van der Waals surface area contributed by atoms with Crippen LogP contribution in [0.3, 0.4) is 0 Å². The maximum Gasteiger partial charge on any atom is 0.245 e. The Morgan fingerprint density at radius 1 is 1.14 bits per heavy atom. The summed E-state index contributed by atoms with van der Waals surface area (Å²) in [7, 11) is 3.15. The van der Waals surface area contributed by atoms with E-state index in [1.165, 1.54) is 0 Å². The zero-order chi connectivity index (χ0) is 25.8. The Balaban J connectivity index is 1.65. The second kappa shape index (κ2) is 11.4. The molecule has 3 rings (SSSR count). The van der Waals surface area contributed by atoms with Crippen molar-refractivity contribution in [3.63, 3.8) is 0 Å². The summed E-state index contributed by atoms with van der Waals surface area (Å²) >= 11 is 0. The maximum absolute atomic E-state index is 13.0. The highest BCUT2D eigenvalue weighted by atomic mass is 16.6. The number of ketones is 1. The molecular weight excluding hydrogens is 456 g/mol. The van der Waals surface area contributed by atoms with Crippen LogP contribution in [-0.4, -0.2) is 79.5 Å². The van der Waals surface area contributed by atoms with Gasteiger partial charge < -0.3 is 35.1 Å². The van der Waals surface area contributed by atoms with Gasteiger partial charge in [0, 0.05) is 11.5 Å². The third kappa shape index (κ3) is 5.94. The lowest BCUT2D eigenvalue weighted by Crippen LogP contribution is -2.56. The topological polar surface area (TPSA) is 147 Å². The molecule has 1 aromatic rings. The predicted octanol–water partition coefficient (Wildman–Crippen LogP) is 0.147. The largest absolute Gasteiger partial charge is 0.493 e. The molecule has 35 heavy (non-hydrogen) atoms. The number of aliphatic hydroxyl groups is 2. The third-order valence-corrected chi connectivity index (χ3v) is 6.68. The van der Waals surface area contributed by atoms with E-state index < -0.39 is 42.6 Å². The molecule has 3 unspecified atom stereocenters. The van der Waals surface area contributed by atoms with Crippen molar-refractivity contribution < 1.29 is 38.8 Å². The molecule has 1 aliphatic heterocycles. The number of hydrogen-bond donors (Lipinski definition) is 4. The molecule has 2 aliphatic rings. The molecule has 1 saturated heterocycles. The Labute approximate surface area is 205 Å². The normalized spacial score (nSPS) is 22.5. The van der Waals surface area contributed by atoms with Crippen molar-refractivity contribution in [1.29, 1.82) is 0 Å². The van der Waals surface area contributed by atoms with E-state index in [9.17, 15) is 24.6 Å². The fourth-order valence-corrected chi connectivity index (χ4v) is 4.58. The molecule has 10 heteroatoms. The quantitative estimate of drug-likeness (QED) is 0.302. The van der Waals surface area contributed by atoms with Crippen molar-refractivity contribution >= 4 is 17.6 Å². The number of methoxy groups -OCH3 is 2. The lowest BCUT2D eigenvalue weighted by Gasteiger charge is -2.28. The molecule has 0 aromatic heterocycles. The number of hydrogen-bond acceptors (Lipinski definition) is 8. The molecule has 0 spiro atoms. The number of rotatable bonds is 12. The van der Waals surface area contributed by atoms with Crippen LogP contribution in [-0.2, 0) is 32.0 Å². The van der Waals surface area contributed by atoms with Crippen LogP contribution in [0.15, 0.2) is 12.1 Å². The summed E-state index contributed by atoms with van der Waals surface area (Å²) in [5, 5.41) is 24.6. The van der Waals surface area contributed by atoms with Gasteiger partial charge in [-0.25, -0.2) is 0 Å². The minimum Gasteiger partial charge on any atom is -0.493 e. The van der Waals surface area contributed by atoms with E-state index in [-0.39, 0.29) is 24.3 Å². The van der Waals surface area contributed by atoms with Crippen molar-refractivity contribution in [2.45, 2.75) is 57.2 Å². The van der Waals surface area contributed by atoms with Crippen LogP contribution in [0.2, 0.25) is 0 Å². The average molecular weight is 493 g/mol. The van der Waals surface area contributed by atoms with Gasteiger partial charge in [-0.1, -0.05) is 19.9 Å². The highest BCUT2D eigenvalue weighted by Crippen LogP contribution is 2.38. The molecular formula is C25H36N2O8. The predicted molar refractivity (Wildman–Crippen MR) is 126 cm³/mol. The Bertz CT molecular complexity index is 944. The standard InChI is InChI=1S/C25H36N2O8/c1-14(2)9-18(22(30)25(12-29)13-35-25)26-24(32)19(11-28)27-23(31)16-5-7-17-15(10-16)6-8-20(33-3)21(17)34-4/h6,8,14,16,18-19,28-29H,5,7,9-13H2,1-4H3,(H,26,32)(H,27,31)/t16?,18?,19-,25?/m0/s1. The number of aliphatic hydroxyl groups excluding tert-OH is 2. The van der Waals surface area contributed by atoms with Crippen molar-refractivity contribution in [3.8, 4) is 11.5 Å². The number of ether oxygens (including phenoxy) is 3. The number of carbonyl (C=O) groups is 3. The third-order valence-electron chi connectivity index (χ3n) is 6.68. The second-order valence-electron chi connectivity index (χ2n) is 9.62. The minimum absolute atomic E-state index is 0.0823. The molecule has 4 N–H and O–H groups in total. The first-order chi connectivity index (χ1) is 16.7. The van der Waals surface area contributed by atoms with Crippen LogP contribution in [0.25, 0.3) is 0 Å². The number of carbonyl (C=O) groups excluding carboxylic acids is 3. The fraction of sp³-hybridized carbons (Fsp3) is 0.640. The van der Waals surface area contributed by atoms with E-state index >= 15 is 0 Å². The molecule has 194 valence electrons. The van der Waals surface area contributed by atoms with Crippen LogP contribution < -0.4 is 20.1 Å². The lowest BCUT2D eigenvalue weighted by atomic mass is 9.82. The SMILES string of the molecule is COc1ccc2c(c1OC)CCC(C(=O)N[C@@H](CO)C(=O)NC(CC(C)C)C(=O)C1(CO)CO1)C2. The highest BCUT2D eigenvalue weighted by Gasteiger charge is 2.54. The van der Waals surface area contributed by atoms with Gasteiger partial charge in [0.05, 0.1) is 40.1 Å². The minimum atomic E-state index is -1.27. The molecule has 2 amide bonds. The average Bonchev–Trinajstić information content (AvgIpc) is 3.66. The first-order valence-corrected chi connectivity index (χ1v) is 11.9. The van der Waals surface area contributed by atoms with E-state index in [4.69, 9.17) is 14.2 Å². The molecule has 4 atom stereocenters. The Kier molecular flexibility index (Phi) is 8.74. The van der Waals surface area contributed by atoms with Gasteiger partial charge in [-0.05, 0) is 43.2 Å². The van der Waals surface area contributed by atoms with E-state index in [1.54, 1.807) is 20.3 Å². The number of amides is 2. The van der Waals surface area contributed by atoms with Crippen LogP contribution >= 0.6 is 0 Å². The smallest absolute Gasteiger partial charge is 0.245 e. The van der Waals surface area contributed by atoms with Gasteiger partial charge in [-0.2, -0.15) is 0 Å². The monoisotopic (exact) mass is 492 g/mol. The van der Waals surface area contributed by atoms with Crippen LogP contribution in [0, 0.1) is 11.8 Å². The van der Waals surface area contributed by atoms with Gasteiger partial charge in [0.15, 0.2) is 22.9 Å². The van der Waals surface area contributed by atoms with Gasteiger partial charge in [0.25, 0.3) is 0 Å². The Morgan fingerprint density at radius 2 is 1.86 bits per heavy atom. The van der Waals surface area contributed by atoms with Crippen molar-refractivity contribution in [3.05, 3.63) is 23.3 Å². The summed E-state index contributed by atoms with van der Waals surface area (Å²) < 4.78 is 16.0. The van der Waals surface area contributed by atoms with Gasteiger partial charge in [-0.15, -0.1) is 0 Å². The van der Waals surface area contributed by atoms with Gasteiger partial charge >= 0.3 is 0 Å². The summed E-state index contributed by atoms with van der Waals surface area (Å²) in [6.07, 6.45) is 1.96. The number of Topliss-reactive ketones (excluding diaryl/α,β-unsaturated/α-hetero) is 1. The molecule has 0 saturated carbocycles. The van der Waals surface area contributed by atoms with E-state index in [2.05, 4.69) is 10.6 Å². The summed E-state index contributed by atoms with van der Waals surface area (Å²) in [6.45, 7) is 2.84. The molecule has 10 nitrogen and oxygen atoms in total. The molecule has 1 fully saturated rings. The number of epoxide rings is 1. The first-order valence-electron chi connectivity index (χ1n) is 11.9. The lowest BCUT2D eigenvalue weighted by molar-refractivity contribution is -0.135. The van der Waals surface area contributed by atoms with Gasteiger partial charge in [-0.3, -0.25) is 14.4 Å². The summed E-state index contributed by atoms with van der Waals surface area (Å²) in [6, 6.07) is 1.61. The summed E-state index contributed by atoms with van der Waals surface area (Å²) in [5.74, 6) is -0.404. The molecule has 0 radical (unpaired) electrons. The van der Waals surface area contributed by atoms with Crippen molar-refractivity contribution in [1.82, 2.24) is 10.6 Å². The second-order valence-corrected chi connectivity index (χ2v) is 9.62. The fourth-order valence-electron chi connectivity index (χ4n) is 4.58. The molecule has 1 aromatic carbocycles. The van der Waals surface area contributed by atoms with Crippen molar-refractivity contribution in [2.24, 2.45) is 11.8 Å². The maximum atomic E-state index is 13.0. The van der Waals surface area contributed by atoms with Crippen LogP contribution in [0.1, 0.15) is 37.8 Å². The van der Waals surface area contributed by atoms with E-state index in [0.29, 0.717) is 37.2 Å². The highest BCUT2D eigenvalue weighted by molar-refractivity contribution is 5.98. The number of benzene rings is 1. The Morgan fingerprint density at radius 3 is 2.40 bits per heavy atom. The first kappa shape index (κ1) is 26.9. The van der Waals surface area contributed by atoms with E-state index in [0.717, 1.165) is 11.1 Å². The number of fused-ring (bicyclic) bond motifs is 1. The van der Waals surface area contributed by atoms with Gasteiger partial charge in [0.2, 0.25) is 11.8 Å². The number of nitrogens with one attached hydrogen (secondary N) is 2. The van der Waals surface area contributed by atoms with Crippen LogP contribution in [0.5, 0.6) is 11.5 Å². The van der Waals surface area contributed by atoms with E-state index in [1.807, 2.05) is 19.9 Å². The van der Waals surface area contributed by atoms with Crippen molar-refractivity contribution in [2.75, 3.05) is 34.0 Å². The zero-order valence-electron chi connectivity index (χ0n) is 20.8. The Hall–Kier alpha value is -2.69. The van der Waals surface area contributed by atoms with Crippen LogP contribution in [0.4, 0.5) is 0 Å². The molecule has 1 aliphatic carbocycles. The molecule has 1 heterocycles. The summed E-state index contributed by atoms with van der Waals surface area (Å²) in [4.78, 5) is 38.8. The molecule has 0 bridgehead atoms. The summed E-state index contributed by atoms with van der Waals surface area (Å²) in [5.41, 5.74) is 0.701. The van der Waals surface area contributed by atoms with Gasteiger partial charge in [0.1, 0.15) is 6.04 Å². The zero-order valence-corrected chi connectivity index (χ0v) is 20.8.